The fraction of sp³-hybridized carbons (Fsp3) is 0.302. The zero-order chi connectivity index (χ0) is 36.6. The van der Waals surface area contributed by atoms with Crippen molar-refractivity contribution in [1.82, 2.24) is 4.90 Å². The van der Waals surface area contributed by atoms with Gasteiger partial charge in [-0.25, -0.2) is 4.39 Å². The predicted molar refractivity (Wildman–Crippen MR) is 211 cm³/mol. The first-order valence-electron chi connectivity index (χ1n) is 17.4. The van der Waals surface area contributed by atoms with Crippen LogP contribution in [-0.2, 0) is 13.1 Å². The molecule has 0 radical (unpaired) electrons. The van der Waals surface area contributed by atoms with Crippen molar-refractivity contribution >= 4 is 18.1 Å². The largest absolute Gasteiger partial charge is 0.493 e. The molecule has 280 valence electrons. The van der Waals surface area contributed by atoms with Crippen LogP contribution in [0.1, 0.15) is 24.0 Å². The second kappa shape index (κ2) is 18.1. The number of methoxy groups -OCH3 is 6. The molecule has 0 aliphatic carbocycles. The number of halogens is 2. The first-order chi connectivity index (χ1) is 25.4. The highest BCUT2D eigenvalue weighted by molar-refractivity contribution is 5.85. The lowest BCUT2D eigenvalue weighted by atomic mass is 9.98. The average molecular weight is 743 g/mol. The number of anilines is 1. The molecule has 0 atom stereocenters. The Kier molecular flexibility index (Phi) is 13.3. The van der Waals surface area contributed by atoms with Crippen LogP contribution in [0.4, 0.5) is 10.1 Å². The van der Waals surface area contributed by atoms with Crippen LogP contribution in [0.25, 0.3) is 22.3 Å². The summed E-state index contributed by atoms with van der Waals surface area (Å²) in [5, 5.41) is 0. The number of ether oxygens (including phenoxy) is 6. The fourth-order valence-corrected chi connectivity index (χ4v) is 7.10. The zero-order valence-corrected chi connectivity index (χ0v) is 32.0. The normalized spacial score (nSPS) is 13.1. The van der Waals surface area contributed by atoms with E-state index < -0.39 is 0 Å². The van der Waals surface area contributed by atoms with Crippen LogP contribution in [0.3, 0.4) is 0 Å². The second-order valence-electron chi connectivity index (χ2n) is 12.8. The van der Waals surface area contributed by atoms with Gasteiger partial charge in [-0.05, 0) is 107 Å². The third-order valence-electron chi connectivity index (χ3n) is 9.77. The van der Waals surface area contributed by atoms with Gasteiger partial charge < -0.3 is 33.3 Å². The summed E-state index contributed by atoms with van der Waals surface area (Å²) >= 11 is 0. The minimum absolute atomic E-state index is 0. The van der Waals surface area contributed by atoms with Crippen LogP contribution in [-0.4, -0.2) is 66.7 Å². The number of hydrogen-bond donors (Lipinski definition) is 0. The van der Waals surface area contributed by atoms with E-state index in [1.165, 1.54) is 5.56 Å². The molecule has 0 aromatic heterocycles. The van der Waals surface area contributed by atoms with Crippen molar-refractivity contribution in [3.63, 3.8) is 0 Å². The van der Waals surface area contributed by atoms with Crippen molar-refractivity contribution in [2.45, 2.75) is 32.0 Å². The second-order valence-corrected chi connectivity index (χ2v) is 12.8. The van der Waals surface area contributed by atoms with E-state index >= 15 is 0 Å². The molecule has 0 bridgehead atoms. The zero-order valence-electron chi connectivity index (χ0n) is 31.2. The van der Waals surface area contributed by atoms with Crippen molar-refractivity contribution in [3.8, 4) is 56.8 Å². The topological polar surface area (TPSA) is 61.9 Å². The smallest absolute Gasteiger partial charge is 0.203 e. The highest BCUT2D eigenvalue weighted by atomic mass is 35.5. The summed E-state index contributed by atoms with van der Waals surface area (Å²) in [7, 11) is 9.73. The minimum atomic E-state index is -0.239. The molecule has 0 amide bonds. The number of nitrogens with zero attached hydrogens (tertiary/aromatic N) is 2. The number of piperidine rings is 1. The maximum Gasteiger partial charge on any atom is 0.203 e. The SMILES string of the molecule is COc1cc(-c2cccc(CN3CCC(N(Cc4cccc(-c5cc(OC)c(OC)c(OC)c5)c4)c4ccc(F)cc4)CC3)c2)cc(OC)c1OC.Cl. The molecule has 6 rings (SSSR count). The molecule has 8 nitrogen and oxygen atoms in total. The molecule has 1 saturated heterocycles. The maximum atomic E-state index is 14.1. The predicted octanol–water partition coefficient (Wildman–Crippen LogP) is 9.30. The lowest BCUT2D eigenvalue weighted by molar-refractivity contribution is 0.201. The molecule has 5 aromatic rings. The Morgan fingerprint density at radius 3 is 1.47 bits per heavy atom. The summed E-state index contributed by atoms with van der Waals surface area (Å²) in [4.78, 5) is 4.94. The van der Waals surface area contributed by atoms with Crippen molar-refractivity contribution in [1.29, 1.82) is 0 Å². The third kappa shape index (κ3) is 8.92. The van der Waals surface area contributed by atoms with Crippen LogP contribution in [0.15, 0.2) is 97.1 Å². The van der Waals surface area contributed by atoms with E-state index in [1.807, 2.05) is 36.4 Å². The van der Waals surface area contributed by atoms with Crippen molar-refractivity contribution < 1.29 is 32.8 Å². The summed E-state index contributed by atoms with van der Waals surface area (Å²) in [6, 6.07) is 32.2. The number of hydrogen-bond acceptors (Lipinski definition) is 8. The van der Waals surface area contributed by atoms with Gasteiger partial charge in [0.05, 0.1) is 42.7 Å². The average Bonchev–Trinajstić information content (AvgIpc) is 3.19. The summed E-state index contributed by atoms with van der Waals surface area (Å²) in [5.41, 5.74) is 7.50. The molecule has 10 heteroatoms. The Morgan fingerprint density at radius 2 is 1.02 bits per heavy atom. The maximum absolute atomic E-state index is 14.1. The summed E-state index contributed by atoms with van der Waals surface area (Å²) < 4.78 is 47.6. The molecule has 0 saturated carbocycles. The van der Waals surface area contributed by atoms with Crippen molar-refractivity contribution in [2.75, 3.05) is 60.6 Å². The molecule has 1 fully saturated rings. The Labute approximate surface area is 318 Å². The van der Waals surface area contributed by atoms with Gasteiger partial charge in [0.25, 0.3) is 0 Å². The van der Waals surface area contributed by atoms with Crippen LogP contribution in [0.2, 0.25) is 0 Å². The standard InChI is InChI=1S/C43H47FN2O6.ClH/c1-47-38-23-33(24-39(48-2)42(38)51-5)31-11-7-9-29(21-31)27-45-19-17-37(18-20-45)46(36-15-13-35(44)14-16-36)28-30-10-8-12-32(22-30)34-25-40(49-3)43(52-6)41(26-34)50-4;/h7-16,21-26,37H,17-20,27-28H2,1-6H3;1H. The van der Waals surface area contributed by atoms with Gasteiger partial charge >= 0.3 is 0 Å². The van der Waals surface area contributed by atoms with E-state index in [0.29, 0.717) is 41.0 Å². The van der Waals surface area contributed by atoms with Crippen molar-refractivity contribution in [2.24, 2.45) is 0 Å². The van der Waals surface area contributed by atoms with E-state index in [9.17, 15) is 4.39 Å². The lowest BCUT2D eigenvalue weighted by Crippen LogP contribution is -2.44. The van der Waals surface area contributed by atoms with E-state index in [0.717, 1.165) is 66.0 Å². The van der Waals surface area contributed by atoms with Gasteiger partial charge in [-0.2, -0.15) is 0 Å². The molecule has 0 unspecified atom stereocenters. The molecule has 0 N–H and O–H groups in total. The molecular formula is C43H48ClFN2O6. The van der Waals surface area contributed by atoms with E-state index in [1.54, 1.807) is 54.8 Å². The summed E-state index contributed by atoms with van der Waals surface area (Å²) in [6.45, 7) is 3.42. The monoisotopic (exact) mass is 742 g/mol. The van der Waals surface area contributed by atoms with Gasteiger partial charge in [-0.3, -0.25) is 4.90 Å². The van der Waals surface area contributed by atoms with E-state index in [2.05, 4.69) is 58.3 Å². The van der Waals surface area contributed by atoms with Crippen molar-refractivity contribution in [3.05, 3.63) is 114 Å². The van der Waals surface area contributed by atoms with Gasteiger partial charge in [-0.15, -0.1) is 12.4 Å². The Morgan fingerprint density at radius 1 is 0.566 bits per heavy atom. The molecule has 1 aliphatic rings. The first-order valence-corrected chi connectivity index (χ1v) is 17.4. The number of likely N-dealkylation sites (tertiary alicyclic amines) is 1. The quantitative estimate of drug-likeness (QED) is 0.112. The van der Waals surface area contributed by atoms with Gasteiger partial charge in [0.15, 0.2) is 23.0 Å². The summed E-state index contributed by atoms with van der Waals surface area (Å²) in [6.07, 6.45) is 1.97. The third-order valence-corrected chi connectivity index (χ3v) is 9.77. The minimum Gasteiger partial charge on any atom is -0.493 e. The molecule has 0 spiro atoms. The number of benzene rings is 5. The lowest BCUT2D eigenvalue weighted by Gasteiger charge is -2.40. The highest BCUT2D eigenvalue weighted by Crippen LogP contribution is 2.43. The van der Waals surface area contributed by atoms with E-state index in [4.69, 9.17) is 28.4 Å². The van der Waals surface area contributed by atoms with Crippen LogP contribution in [0.5, 0.6) is 34.5 Å². The summed E-state index contributed by atoms with van der Waals surface area (Å²) in [5.74, 6) is 3.37. The first kappa shape index (κ1) is 39.1. The molecule has 5 aromatic carbocycles. The van der Waals surface area contributed by atoms with Gasteiger partial charge in [0.1, 0.15) is 5.82 Å². The fourth-order valence-electron chi connectivity index (χ4n) is 7.10. The van der Waals surface area contributed by atoms with Crippen LogP contribution in [0, 0.1) is 5.82 Å². The van der Waals surface area contributed by atoms with Crippen LogP contribution < -0.4 is 33.3 Å². The van der Waals surface area contributed by atoms with Gasteiger partial charge in [-0.1, -0.05) is 36.4 Å². The van der Waals surface area contributed by atoms with Gasteiger partial charge in [0, 0.05) is 37.9 Å². The molecule has 53 heavy (non-hydrogen) atoms. The van der Waals surface area contributed by atoms with Crippen LogP contribution >= 0.6 is 12.4 Å². The number of rotatable bonds is 14. The van der Waals surface area contributed by atoms with E-state index in [-0.39, 0.29) is 24.3 Å². The Balaban J connectivity index is 0.00000541. The highest BCUT2D eigenvalue weighted by Gasteiger charge is 2.26. The Hall–Kier alpha value is -5.12. The molecule has 1 aliphatic heterocycles. The van der Waals surface area contributed by atoms with Gasteiger partial charge in [0.2, 0.25) is 11.5 Å². The molecule has 1 heterocycles. The Bertz CT molecular complexity index is 1920. The molecular weight excluding hydrogens is 695 g/mol.